The first-order valence-electron chi connectivity index (χ1n) is 7.06. The van der Waals surface area contributed by atoms with E-state index in [0.29, 0.717) is 0 Å². The zero-order valence-electron chi connectivity index (χ0n) is 12.5. The van der Waals surface area contributed by atoms with Gasteiger partial charge in [-0.15, -0.1) is 0 Å². The molecule has 0 saturated heterocycles. The molecule has 2 aromatic rings. The van der Waals surface area contributed by atoms with Gasteiger partial charge in [-0.25, -0.2) is 14.8 Å². The van der Waals surface area contributed by atoms with E-state index in [-0.39, 0.29) is 23.3 Å². The van der Waals surface area contributed by atoms with E-state index < -0.39 is 5.97 Å². The Morgan fingerprint density at radius 2 is 1.78 bits per heavy atom. The lowest BCUT2D eigenvalue weighted by atomic mass is 10.1. The van der Waals surface area contributed by atoms with Gasteiger partial charge in [-0.3, -0.25) is 4.79 Å². The molecule has 1 unspecified atom stereocenters. The molecule has 7 heteroatoms. The van der Waals surface area contributed by atoms with Gasteiger partial charge in [-0.2, -0.15) is 0 Å². The molecule has 6 nitrogen and oxygen atoms in total. The summed E-state index contributed by atoms with van der Waals surface area (Å²) in [5.41, 5.74) is 1.11. The highest BCUT2D eigenvalue weighted by atomic mass is 79.9. The number of benzene rings is 1. The van der Waals surface area contributed by atoms with Crippen molar-refractivity contribution >= 4 is 27.8 Å². The topological polar surface area (TPSA) is 92.2 Å². The SMILES string of the molecule is CC(CCc1ccc(Br)cc1)NC(=O)c1cnc(C(=O)O)cn1. The molecule has 23 heavy (non-hydrogen) atoms. The number of carboxylic acid groups (broad SMARTS) is 1. The van der Waals surface area contributed by atoms with Crippen molar-refractivity contribution in [1.29, 1.82) is 0 Å². The molecule has 1 amide bonds. The Labute approximate surface area is 142 Å². The Morgan fingerprint density at radius 1 is 1.17 bits per heavy atom. The number of aromatic carboxylic acids is 1. The van der Waals surface area contributed by atoms with Crippen LogP contribution in [0.5, 0.6) is 0 Å². The maximum absolute atomic E-state index is 12.0. The normalized spacial score (nSPS) is 11.7. The Bertz CT molecular complexity index is 687. The third-order valence-electron chi connectivity index (χ3n) is 3.26. The summed E-state index contributed by atoms with van der Waals surface area (Å²) in [7, 11) is 0. The number of nitrogens with zero attached hydrogens (tertiary/aromatic N) is 2. The van der Waals surface area contributed by atoms with Crippen LogP contribution < -0.4 is 5.32 Å². The molecule has 0 saturated carbocycles. The fraction of sp³-hybridized carbons (Fsp3) is 0.250. The number of amides is 1. The molecule has 0 radical (unpaired) electrons. The maximum Gasteiger partial charge on any atom is 0.356 e. The number of rotatable bonds is 6. The Hall–Kier alpha value is -2.28. The average Bonchev–Trinajstić information content (AvgIpc) is 2.54. The molecule has 0 aliphatic heterocycles. The van der Waals surface area contributed by atoms with E-state index in [2.05, 4.69) is 31.2 Å². The second-order valence-corrected chi connectivity index (χ2v) is 6.05. The third-order valence-corrected chi connectivity index (χ3v) is 3.79. The molecule has 0 aliphatic carbocycles. The lowest BCUT2D eigenvalue weighted by Crippen LogP contribution is -2.33. The van der Waals surface area contributed by atoms with E-state index in [9.17, 15) is 9.59 Å². The van der Waals surface area contributed by atoms with E-state index in [1.165, 1.54) is 11.8 Å². The van der Waals surface area contributed by atoms with Crippen molar-refractivity contribution in [2.45, 2.75) is 25.8 Å². The van der Waals surface area contributed by atoms with Crippen molar-refractivity contribution < 1.29 is 14.7 Å². The molecule has 1 aromatic carbocycles. The van der Waals surface area contributed by atoms with E-state index in [4.69, 9.17) is 5.11 Å². The van der Waals surface area contributed by atoms with Gasteiger partial charge in [-0.1, -0.05) is 28.1 Å². The summed E-state index contributed by atoms with van der Waals surface area (Å²) < 4.78 is 1.03. The van der Waals surface area contributed by atoms with Crippen LogP contribution in [-0.2, 0) is 6.42 Å². The van der Waals surface area contributed by atoms with E-state index in [1.807, 2.05) is 31.2 Å². The molecule has 1 heterocycles. The number of aromatic nitrogens is 2. The van der Waals surface area contributed by atoms with Gasteiger partial charge in [0, 0.05) is 10.5 Å². The minimum atomic E-state index is -1.17. The first-order valence-corrected chi connectivity index (χ1v) is 7.85. The number of hydrogen-bond acceptors (Lipinski definition) is 4. The monoisotopic (exact) mass is 377 g/mol. The van der Waals surface area contributed by atoms with Gasteiger partial charge in [0.25, 0.3) is 5.91 Å². The van der Waals surface area contributed by atoms with Gasteiger partial charge >= 0.3 is 5.97 Å². The van der Waals surface area contributed by atoms with Crippen LogP contribution in [0, 0.1) is 0 Å². The summed E-state index contributed by atoms with van der Waals surface area (Å²) >= 11 is 3.39. The number of carbonyl (C=O) groups is 2. The van der Waals surface area contributed by atoms with Crippen LogP contribution >= 0.6 is 15.9 Å². The summed E-state index contributed by atoms with van der Waals surface area (Å²) in [5.74, 6) is -1.54. The Morgan fingerprint density at radius 3 is 2.35 bits per heavy atom. The highest BCUT2D eigenvalue weighted by Gasteiger charge is 2.13. The van der Waals surface area contributed by atoms with Crippen LogP contribution in [0.1, 0.15) is 39.9 Å². The van der Waals surface area contributed by atoms with Gasteiger partial charge < -0.3 is 10.4 Å². The first-order chi connectivity index (χ1) is 11.0. The fourth-order valence-corrected chi connectivity index (χ4v) is 2.22. The molecule has 1 aromatic heterocycles. The molecule has 1 atom stereocenters. The third kappa shape index (κ3) is 5.14. The number of carboxylic acids is 1. The number of carbonyl (C=O) groups excluding carboxylic acids is 1. The summed E-state index contributed by atoms with van der Waals surface area (Å²) in [6.07, 6.45) is 3.87. The average molecular weight is 378 g/mol. The molecule has 2 N–H and O–H groups in total. The summed E-state index contributed by atoms with van der Waals surface area (Å²) in [6, 6.07) is 8.01. The Balaban J connectivity index is 1.86. The standard InChI is InChI=1S/C16H16BrN3O3/c1-10(2-3-11-4-6-12(17)7-5-11)20-15(21)13-8-19-14(9-18-13)16(22)23/h4-10H,2-3H2,1H3,(H,20,21)(H,22,23). The quantitative estimate of drug-likeness (QED) is 0.807. The number of halogens is 1. The molecule has 0 aliphatic rings. The smallest absolute Gasteiger partial charge is 0.356 e. The second-order valence-electron chi connectivity index (χ2n) is 5.13. The zero-order valence-corrected chi connectivity index (χ0v) is 14.1. The second kappa shape index (κ2) is 7.82. The summed E-state index contributed by atoms with van der Waals surface area (Å²) in [5, 5.41) is 11.6. The minimum absolute atomic E-state index is 0.0351. The Kier molecular flexibility index (Phi) is 5.81. The highest BCUT2D eigenvalue weighted by molar-refractivity contribution is 9.10. The van der Waals surface area contributed by atoms with Gasteiger partial charge in [0.05, 0.1) is 12.4 Å². The predicted molar refractivity (Wildman–Crippen MR) is 88.4 cm³/mol. The van der Waals surface area contributed by atoms with Crippen LogP contribution in [0.4, 0.5) is 0 Å². The molecule has 0 bridgehead atoms. The maximum atomic E-state index is 12.0. The molecule has 0 spiro atoms. The van der Waals surface area contributed by atoms with Crippen LogP contribution in [0.15, 0.2) is 41.1 Å². The van der Waals surface area contributed by atoms with Gasteiger partial charge in [0.2, 0.25) is 0 Å². The van der Waals surface area contributed by atoms with Crippen molar-refractivity contribution in [2.24, 2.45) is 0 Å². The van der Waals surface area contributed by atoms with Gasteiger partial charge in [0.1, 0.15) is 5.69 Å². The van der Waals surface area contributed by atoms with Crippen molar-refractivity contribution in [2.75, 3.05) is 0 Å². The lowest BCUT2D eigenvalue weighted by molar-refractivity contribution is 0.0689. The van der Waals surface area contributed by atoms with Crippen LogP contribution in [0.25, 0.3) is 0 Å². The minimum Gasteiger partial charge on any atom is -0.476 e. The van der Waals surface area contributed by atoms with Crippen LogP contribution in [0.2, 0.25) is 0 Å². The molecule has 120 valence electrons. The zero-order chi connectivity index (χ0) is 16.8. The lowest BCUT2D eigenvalue weighted by Gasteiger charge is -2.13. The van der Waals surface area contributed by atoms with Gasteiger partial charge in [0.15, 0.2) is 5.69 Å². The van der Waals surface area contributed by atoms with E-state index in [1.54, 1.807) is 0 Å². The molecular weight excluding hydrogens is 362 g/mol. The van der Waals surface area contributed by atoms with Gasteiger partial charge in [-0.05, 0) is 37.5 Å². The highest BCUT2D eigenvalue weighted by Crippen LogP contribution is 2.12. The van der Waals surface area contributed by atoms with Crippen molar-refractivity contribution in [3.05, 3.63) is 58.1 Å². The fourth-order valence-electron chi connectivity index (χ4n) is 1.96. The molecule has 0 fully saturated rings. The van der Waals surface area contributed by atoms with E-state index >= 15 is 0 Å². The number of hydrogen-bond donors (Lipinski definition) is 2. The summed E-state index contributed by atoms with van der Waals surface area (Å²) in [6.45, 7) is 1.91. The van der Waals surface area contributed by atoms with Crippen LogP contribution in [0.3, 0.4) is 0 Å². The van der Waals surface area contributed by atoms with Crippen LogP contribution in [-0.4, -0.2) is 33.0 Å². The van der Waals surface area contributed by atoms with Crippen molar-refractivity contribution in [1.82, 2.24) is 15.3 Å². The van der Waals surface area contributed by atoms with Crippen molar-refractivity contribution in [3.8, 4) is 0 Å². The molecular formula is C16H16BrN3O3. The number of nitrogens with one attached hydrogen (secondary N) is 1. The largest absolute Gasteiger partial charge is 0.476 e. The van der Waals surface area contributed by atoms with E-state index in [0.717, 1.165) is 23.5 Å². The predicted octanol–water partition coefficient (Wildman–Crippen LogP) is 2.69. The summed E-state index contributed by atoms with van der Waals surface area (Å²) in [4.78, 5) is 30.2. The molecule has 2 rings (SSSR count). The van der Waals surface area contributed by atoms with Crippen molar-refractivity contribution in [3.63, 3.8) is 0 Å². The first kappa shape index (κ1) is 17.1. The number of aryl methyl sites for hydroxylation is 1.